The van der Waals surface area contributed by atoms with Gasteiger partial charge in [-0.25, -0.2) is 13.4 Å². The highest BCUT2D eigenvalue weighted by atomic mass is 32.2. The van der Waals surface area contributed by atoms with Crippen molar-refractivity contribution in [3.8, 4) is 0 Å². The van der Waals surface area contributed by atoms with Gasteiger partial charge in [-0.05, 0) is 30.7 Å². The molecular formula is C17H18N4O4S. The van der Waals surface area contributed by atoms with E-state index in [9.17, 15) is 18.5 Å². The molecule has 0 radical (unpaired) electrons. The predicted octanol–water partition coefficient (Wildman–Crippen LogP) is 3.61. The van der Waals surface area contributed by atoms with Gasteiger partial charge in [-0.1, -0.05) is 25.5 Å². The Morgan fingerprint density at radius 1 is 1.23 bits per heavy atom. The molecule has 2 aromatic carbocycles. The van der Waals surface area contributed by atoms with Gasteiger partial charge in [0.25, 0.3) is 15.7 Å². The van der Waals surface area contributed by atoms with Crippen LogP contribution in [0.2, 0.25) is 0 Å². The van der Waals surface area contributed by atoms with Gasteiger partial charge in [-0.3, -0.25) is 14.8 Å². The van der Waals surface area contributed by atoms with Gasteiger partial charge in [0.15, 0.2) is 0 Å². The molecule has 0 saturated carbocycles. The number of nitrogens with zero attached hydrogens (tertiary/aromatic N) is 2. The minimum absolute atomic E-state index is 0.00819. The van der Waals surface area contributed by atoms with Crippen molar-refractivity contribution in [3.63, 3.8) is 0 Å². The zero-order chi connectivity index (χ0) is 18.7. The molecule has 0 spiro atoms. The average molecular weight is 374 g/mol. The van der Waals surface area contributed by atoms with Crippen LogP contribution in [-0.2, 0) is 16.4 Å². The van der Waals surface area contributed by atoms with Gasteiger partial charge in [0.05, 0.1) is 20.9 Å². The molecule has 0 bridgehead atoms. The maximum Gasteiger partial charge on any atom is 0.293 e. The molecule has 3 aromatic rings. The molecule has 1 aromatic heterocycles. The second-order valence-electron chi connectivity index (χ2n) is 5.85. The van der Waals surface area contributed by atoms with Crippen molar-refractivity contribution in [3.05, 3.63) is 58.4 Å². The molecule has 0 saturated heterocycles. The molecule has 3 rings (SSSR count). The van der Waals surface area contributed by atoms with Crippen LogP contribution in [0.4, 0.5) is 11.4 Å². The lowest BCUT2D eigenvalue weighted by atomic mass is 10.2. The van der Waals surface area contributed by atoms with Crippen LogP contribution in [0.25, 0.3) is 11.0 Å². The second kappa shape index (κ2) is 7.12. The SMILES string of the molecule is CCCCc1nc2ccc(S(=O)(=O)Nc3ccccc3[N+](=O)[O-])cc2[nH]1. The van der Waals surface area contributed by atoms with Crippen LogP contribution in [0, 0.1) is 10.1 Å². The monoisotopic (exact) mass is 374 g/mol. The normalized spacial score (nSPS) is 11.6. The van der Waals surface area contributed by atoms with E-state index in [1.807, 2.05) is 0 Å². The topological polar surface area (TPSA) is 118 Å². The predicted molar refractivity (Wildman–Crippen MR) is 98.6 cm³/mol. The third-order valence-corrected chi connectivity index (χ3v) is 5.29. The molecule has 1 heterocycles. The first-order valence-electron chi connectivity index (χ1n) is 8.15. The summed E-state index contributed by atoms with van der Waals surface area (Å²) in [6.45, 7) is 2.09. The smallest absolute Gasteiger partial charge is 0.293 e. The van der Waals surface area contributed by atoms with Crippen LogP contribution in [0.15, 0.2) is 47.4 Å². The first-order chi connectivity index (χ1) is 12.4. The van der Waals surface area contributed by atoms with E-state index in [4.69, 9.17) is 0 Å². The molecule has 0 atom stereocenters. The number of unbranched alkanes of at least 4 members (excludes halogenated alkanes) is 1. The highest BCUT2D eigenvalue weighted by Crippen LogP contribution is 2.27. The fraction of sp³-hybridized carbons (Fsp3) is 0.235. The summed E-state index contributed by atoms with van der Waals surface area (Å²) in [5.41, 5.74) is 0.911. The number of nitrogens with one attached hydrogen (secondary N) is 2. The fourth-order valence-corrected chi connectivity index (χ4v) is 3.69. The van der Waals surface area contributed by atoms with Gasteiger partial charge in [0, 0.05) is 12.5 Å². The number of aromatic amines is 1. The minimum Gasteiger partial charge on any atom is -0.342 e. The van der Waals surface area contributed by atoms with Crippen LogP contribution in [-0.4, -0.2) is 23.3 Å². The van der Waals surface area contributed by atoms with Crippen LogP contribution >= 0.6 is 0 Å². The number of hydrogen-bond donors (Lipinski definition) is 2. The average Bonchev–Trinajstić information content (AvgIpc) is 3.02. The van der Waals surface area contributed by atoms with Gasteiger partial charge in [-0.2, -0.15) is 0 Å². The summed E-state index contributed by atoms with van der Waals surface area (Å²) >= 11 is 0. The Kier molecular flexibility index (Phi) is 4.90. The third-order valence-electron chi connectivity index (χ3n) is 3.92. The van der Waals surface area contributed by atoms with Gasteiger partial charge < -0.3 is 4.98 Å². The first kappa shape index (κ1) is 17.9. The van der Waals surface area contributed by atoms with E-state index in [-0.39, 0.29) is 16.3 Å². The zero-order valence-electron chi connectivity index (χ0n) is 14.1. The molecule has 26 heavy (non-hydrogen) atoms. The maximum atomic E-state index is 12.6. The highest BCUT2D eigenvalue weighted by molar-refractivity contribution is 7.92. The van der Waals surface area contributed by atoms with E-state index in [1.165, 1.54) is 36.4 Å². The number of benzene rings is 2. The van der Waals surface area contributed by atoms with Crippen molar-refractivity contribution in [2.24, 2.45) is 0 Å². The second-order valence-corrected chi connectivity index (χ2v) is 7.53. The number of nitro benzene ring substituents is 1. The molecule has 9 heteroatoms. The summed E-state index contributed by atoms with van der Waals surface area (Å²) in [6.07, 6.45) is 2.82. The summed E-state index contributed by atoms with van der Waals surface area (Å²) in [4.78, 5) is 18.0. The standard InChI is InChI=1S/C17H18N4O4S/c1-2-3-8-17-18-13-10-9-12(11-15(13)19-17)26(24,25)20-14-6-4-5-7-16(14)21(22)23/h4-7,9-11,20H,2-3,8H2,1H3,(H,18,19). The zero-order valence-corrected chi connectivity index (χ0v) is 14.9. The summed E-state index contributed by atoms with van der Waals surface area (Å²) < 4.78 is 27.5. The lowest BCUT2D eigenvalue weighted by molar-refractivity contribution is -0.383. The van der Waals surface area contributed by atoms with Crippen molar-refractivity contribution < 1.29 is 13.3 Å². The molecule has 0 fully saturated rings. The van der Waals surface area contributed by atoms with E-state index < -0.39 is 14.9 Å². The Morgan fingerprint density at radius 3 is 2.73 bits per heavy atom. The number of aryl methyl sites for hydroxylation is 1. The Morgan fingerprint density at radius 2 is 2.00 bits per heavy atom. The summed E-state index contributed by atoms with van der Waals surface area (Å²) in [5, 5.41) is 11.1. The van der Waals surface area contributed by atoms with E-state index in [0.29, 0.717) is 11.0 Å². The van der Waals surface area contributed by atoms with E-state index in [1.54, 1.807) is 6.07 Å². The lowest BCUT2D eigenvalue weighted by Crippen LogP contribution is -2.14. The van der Waals surface area contributed by atoms with Crippen LogP contribution in [0.5, 0.6) is 0 Å². The Hall–Kier alpha value is -2.94. The number of para-hydroxylation sites is 2. The highest BCUT2D eigenvalue weighted by Gasteiger charge is 2.21. The molecule has 2 N–H and O–H groups in total. The number of sulfonamides is 1. The molecule has 0 aliphatic carbocycles. The molecular weight excluding hydrogens is 356 g/mol. The molecule has 0 unspecified atom stereocenters. The number of hydrogen-bond acceptors (Lipinski definition) is 5. The lowest BCUT2D eigenvalue weighted by Gasteiger charge is -2.08. The van der Waals surface area contributed by atoms with E-state index in [0.717, 1.165) is 25.1 Å². The number of imidazole rings is 1. The van der Waals surface area contributed by atoms with Crippen molar-refractivity contribution in [1.29, 1.82) is 0 Å². The van der Waals surface area contributed by atoms with Gasteiger partial charge in [-0.15, -0.1) is 0 Å². The maximum absolute atomic E-state index is 12.6. The summed E-state index contributed by atoms with van der Waals surface area (Å²) in [6, 6.07) is 10.1. The van der Waals surface area contributed by atoms with Gasteiger partial charge >= 0.3 is 0 Å². The molecule has 0 aliphatic rings. The minimum atomic E-state index is -3.97. The van der Waals surface area contributed by atoms with Crippen LogP contribution in [0.3, 0.4) is 0 Å². The van der Waals surface area contributed by atoms with E-state index in [2.05, 4.69) is 21.6 Å². The fourth-order valence-electron chi connectivity index (χ4n) is 2.59. The number of rotatable bonds is 7. The van der Waals surface area contributed by atoms with Crippen molar-refractivity contribution in [2.45, 2.75) is 31.1 Å². The van der Waals surface area contributed by atoms with Gasteiger partial charge in [0.1, 0.15) is 11.5 Å². The van der Waals surface area contributed by atoms with Crippen molar-refractivity contribution >= 4 is 32.4 Å². The van der Waals surface area contributed by atoms with Gasteiger partial charge in [0.2, 0.25) is 0 Å². The van der Waals surface area contributed by atoms with Crippen LogP contribution in [0.1, 0.15) is 25.6 Å². The number of anilines is 1. The van der Waals surface area contributed by atoms with Crippen molar-refractivity contribution in [1.82, 2.24) is 9.97 Å². The largest absolute Gasteiger partial charge is 0.342 e. The Balaban J connectivity index is 1.93. The molecule has 0 amide bonds. The summed E-state index contributed by atoms with van der Waals surface area (Å²) in [5.74, 6) is 0.808. The van der Waals surface area contributed by atoms with Crippen molar-refractivity contribution in [2.75, 3.05) is 4.72 Å². The number of fused-ring (bicyclic) bond motifs is 1. The molecule has 8 nitrogen and oxygen atoms in total. The number of aromatic nitrogens is 2. The Bertz CT molecular complexity index is 1060. The van der Waals surface area contributed by atoms with E-state index >= 15 is 0 Å². The van der Waals surface area contributed by atoms with Crippen LogP contribution < -0.4 is 4.72 Å². The number of H-pyrrole nitrogens is 1. The third kappa shape index (κ3) is 3.67. The number of nitro groups is 1. The molecule has 0 aliphatic heterocycles. The molecule has 136 valence electrons. The Labute approximate surface area is 150 Å². The summed E-state index contributed by atoms with van der Waals surface area (Å²) in [7, 11) is -3.97. The quantitative estimate of drug-likeness (QED) is 0.484. The first-order valence-corrected chi connectivity index (χ1v) is 9.64.